The number of ether oxygens (including phenoxy) is 5. The van der Waals surface area contributed by atoms with E-state index in [2.05, 4.69) is 79.4 Å². The molecule has 7 aromatic carbocycles. The van der Waals surface area contributed by atoms with Crippen molar-refractivity contribution in [3.8, 4) is 51.6 Å². The van der Waals surface area contributed by atoms with E-state index in [-0.39, 0.29) is 17.7 Å². The van der Waals surface area contributed by atoms with Crippen LogP contribution in [0.25, 0.3) is 34.7 Å². The van der Waals surface area contributed by atoms with E-state index in [1.54, 1.807) is 101 Å². The molecule has 0 radical (unpaired) electrons. The summed E-state index contributed by atoms with van der Waals surface area (Å²) in [5.74, 6) is 3.21. The van der Waals surface area contributed by atoms with Crippen molar-refractivity contribution in [2.24, 2.45) is 0 Å². The third-order valence-corrected chi connectivity index (χ3v) is 15.9. The lowest BCUT2D eigenvalue weighted by Crippen LogP contribution is -2.45. The van der Waals surface area contributed by atoms with Gasteiger partial charge >= 0.3 is 6.09 Å². The van der Waals surface area contributed by atoms with Gasteiger partial charge in [-0.1, -0.05) is 120 Å². The Bertz CT molecular complexity index is 4030. The van der Waals surface area contributed by atoms with Crippen LogP contribution < -0.4 is 24.3 Å². The number of tetrazole rings is 1. The van der Waals surface area contributed by atoms with Crippen LogP contribution in [0.3, 0.4) is 0 Å². The van der Waals surface area contributed by atoms with Crippen molar-refractivity contribution >= 4 is 28.3 Å². The first-order valence-electron chi connectivity index (χ1n) is 28.4. The number of benzene rings is 7. The smallest absolute Gasteiger partial charge is 0.410 e. The summed E-state index contributed by atoms with van der Waals surface area (Å²) in [6.07, 6.45) is 12.3. The Morgan fingerprint density at radius 1 is 0.670 bits per heavy atom. The Labute approximate surface area is 510 Å². The van der Waals surface area contributed by atoms with Crippen molar-refractivity contribution in [1.82, 2.24) is 40.4 Å². The summed E-state index contributed by atoms with van der Waals surface area (Å²) in [5.41, 5.74) is 9.43. The molecule has 3 aromatic heterocycles. The highest BCUT2D eigenvalue weighted by Gasteiger charge is 2.40. The summed E-state index contributed by atoms with van der Waals surface area (Å²) < 4.78 is 68.7. The lowest BCUT2D eigenvalue weighted by molar-refractivity contribution is 0.0162. The number of aldehydes is 1. The highest BCUT2D eigenvalue weighted by atomic mass is 32.2. The average molecular weight is 1200 g/mol. The number of oxazole rings is 2. The van der Waals surface area contributed by atoms with E-state index in [1.807, 2.05) is 72.8 Å². The second kappa shape index (κ2) is 28.3. The fraction of sp³-hybridized carbons (Fsp3) is 0.221. The minimum atomic E-state index is -4.12. The first-order chi connectivity index (χ1) is 42.7. The predicted molar refractivity (Wildman–Crippen MR) is 331 cm³/mol. The van der Waals surface area contributed by atoms with Gasteiger partial charge < -0.3 is 37.8 Å². The number of carbonyl (C=O) groups excluding carboxylic acids is 2. The van der Waals surface area contributed by atoms with E-state index in [0.29, 0.717) is 59.7 Å². The van der Waals surface area contributed by atoms with Crippen molar-refractivity contribution in [2.75, 3.05) is 33.1 Å². The largest absolute Gasteiger partial charge is 0.493 e. The Morgan fingerprint density at radius 2 is 1.20 bits per heavy atom. The van der Waals surface area contributed by atoms with Crippen molar-refractivity contribution in [2.45, 2.75) is 69.7 Å². The number of hydrogen-bond donors (Lipinski definition) is 1. The summed E-state index contributed by atoms with van der Waals surface area (Å²) in [6.45, 7) is 7.30. The molecule has 450 valence electrons. The SMILES string of the molecule is COc1cc2c(cc1OCc1ccccc1)CCN(C(=O)OC(C)(C)C)C2CS(=O)(=O)c1nnnn1-c1ccccc1.COc1cc2c(cc1OCc1ccccc1)CCNC2/C=C/c1ccc(-c2ncco2)cc1.O=Cc1ccc(-c2ncco2)cc1. The van der Waals surface area contributed by atoms with Crippen molar-refractivity contribution < 1.29 is 50.5 Å². The standard InChI is InChI=1S/C30H33N5O6S.C28H26N2O3.C10H7NO2/c1-30(2,3)41-29(36)34-16-15-22-17-27(40-19-21-11-7-5-8-12-21)26(39-4)18-24(22)25(34)20-42(37,38)28-31-32-33-35(28)23-13-9-6-10-14-23;1-31-26-18-24-23(17-27(26)33-19-21-5-3-2-4-6-21)13-14-29-25(24)12-9-20-7-10-22(11-8-20)28-30-15-16-32-28;12-7-8-1-3-9(4-2-8)10-11-5-6-13-10/h5-14,17-18,25H,15-16,19-20H2,1-4H3;2-12,15-18,25,29H,13-14,19H2,1H3;1-7H/b;12-9+;. The number of methoxy groups -OCH3 is 2. The zero-order chi connectivity index (χ0) is 61.5. The molecule has 2 aliphatic heterocycles. The first-order valence-corrected chi connectivity index (χ1v) is 30.1. The van der Waals surface area contributed by atoms with Crippen LogP contribution in [0.1, 0.15) is 82.2 Å². The van der Waals surface area contributed by atoms with Crippen LogP contribution in [0.5, 0.6) is 23.0 Å². The molecule has 2 aliphatic rings. The molecule has 0 saturated heterocycles. The zero-order valence-electron chi connectivity index (χ0n) is 49.3. The Kier molecular flexibility index (Phi) is 19.6. The van der Waals surface area contributed by atoms with Crippen LogP contribution in [-0.2, 0) is 40.6 Å². The van der Waals surface area contributed by atoms with E-state index in [0.717, 1.165) is 64.1 Å². The molecular formula is C68H66N8O11S. The van der Waals surface area contributed by atoms with E-state index < -0.39 is 33.3 Å². The Hall–Kier alpha value is -10.2. The molecule has 2 atom stereocenters. The summed E-state index contributed by atoms with van der Waals surface area (Å²) in [7, 11) is -0.912. The summed E-state index contributed by atoms with van der Waals surface area (Å²) in [5, 5.41) is 14.7. The topological polar surface area (TPSA) is 225 Å². The Morgan fingerprint density at radius 3 is 1.73 bits per heavy atom. The fourth-order valence-electron chi connectivity index (χ4n) is 9.98. The summed E-state index contributed by atoms with van der Waals surface area (Å²) >= 11 is 0. The number of aromatic nitrogens is 6. The minimum Gasteiger partial charge on any atom is -0.493 e. The van der Waals surface area contributed by atoms with Gasteiger partial charge in [0.25, 0.3) is 5.16 Å². The van der Waals surface area contributed by atoms with E-state index >= 15 is 0 Å². The van der Waals surface area contributed by atoms with Gasteiger partial charge in [-0.3, -0.25) is 9.69 Å². The normalized spacial score (nSPS) is 14.4. The number of nitrogens with one attached hydrogen (secondary N) is 1. The number of fused-ring (bicyclic) bond motifs is 2. The monoisotopic (exact) mass is 1200 g/mol. The van der Waals surface area contributed by atoms with Crippen molar-refractivity contribution in [3.63, 3.8) is 0 Å². The molecule has 0 aliphatic carbocycles. The molecule has 12 rings (SSSR count). The average Bonchev–Trinajstić information content (AvgIpc) is 2.62. The second-order valence-electron chi connectivity index (χ2n) is 21.5. The summed E-state index contributed by atoms with van der Waals surface area (Å²) in [6, 6.07) is 51.0. The molecule has 5 heterocycles. The number of sulfone groups is 1. The molecule has 0 bridgehead atoms. The number of para-hydroxylation sites is 1. The predicted octanol–water partition coefficient (Wildman–Crippen LogP) is 12.5. The quantitative estimate of drug-likeness (QED) is 0.0836. The first kappa shape index (κ1) is 60.9. The van der Waals surface area contributed by atoms with Crippen LogP contribution in [0.15, 0.2) is 209 Å². The zero-order valence-corrected chi connectivity index (χ0v) is 50.1. The maximum Gasteiger partial charge on any atom is 0.410 e. The number of hydrogen-bond acceptors (Lipinski definition) is 17. The van der Waals surface area contributed by atoms with Crippen LogP contribution in [0, 0.1) is 0 Å². The molecule has 1 N–H and O–H groups in total. The fourth-order valence-corrected chi connectivity index (χ4v) is 11.5. The summed E-state index contributed by atoms with van der Waals surface area (Å²) in [4.78, 5) is 33.4. The van der Waals surface area contributed by atoms with Gasteiger partial charge in [0, 0.05) is 29.8 Å². The molecule has 1 amide bonds. The van der Waals surface area contributed by atoms with Crippen molar-refractivity contribution in [3.05, 3.63) is 239 Å². The van der Waals surface area contributed by atoms with Gasteiger partial charge in [0.1, 0.15) is 37.6 Å². The minimum absolute atomic E-state index is 0.109. The molecule has 20 heteroatoms. The van der Waals surface area contributed by atoms with Gasteiger partial charge in [0.2, 0.25) is 21.6 Å². The second-order valence-corrected chi connectivity index (χ2v) is 23.4. The van der Waals surface area contributed by atoms with E-state index in [4.69, 9.17) is 32.5 Å². The molecule has 10 aromatic rings. The van der Waals surface area contributed by atoms with Gasteiger partial charge in [-0.05, 0) is 144 Å². The van der Waals surface area contributed by atoms with Gasteiger partial charge in [-0.15, -0.1) is 0 Å². The molecule has 0 fully saturated rings. The molecule has 88 heavy (non-hydrogen) atoms. The van der Waals surface area contributed by atoms with Crippen LogP contribution in [0.4, 0.5) is 4.79 Å². The lowest BCUT2D eigenvalue weighted by Gasteiger charge is -2.38. The maximum atomic E-state index is 13.9. The molecule has 0 spiro atoms. The third-order valence-electron chi connectivity index (χ3n) is 14.3. The lowest BCUT2D eigenvalue weighted by atomic mass is 9.93. The molecule has 19 nitrogen and oxygen atoms in total. The molecule has 2 unspecified atom stereocenters. The van der Waals surface area contributed by atoms with Crippen LogP contribution in [-0.4, -0.2) is 94.5 Å². The van der Waals surface area contributed by atoms with Crippen LogP contribution in [0.2, 0.25) is 0 Å². The number of nitrogens with zero attached hydrogens (tertiary/aromatic N) is 7. The van der Waals surface area contributed by atoms with E-state index in [9.17, 15) is 18.0 Å². The van der Waals surface area contributed by atoms with Gasteiger partial charge in [-0.25, -0.2) is 23.2 Å². The highest BCUT2D eigenvalue weighted by molar-refractivity contribution is 7.91. The molecule has 0 saturated carbocycles. The maximum absolute atomic E-state index is 13.9. The highest BCUT2D eigenvalue weighted by Crippen LogP contribution is 2.41. The van der Waals surface area contributed by atoms with Gasteiger partial charge in [0.05, 0.1) is 50.1 Å². The van der Waals surface area contributed by atoms with Gasteiger partial charge in [0.15, 0.2) is 23.0 Å². The number of carbonyl (C=O) groups is 2. The Balaban J connectivity index is 0.000000164. The number of amides is 1. The third kappa shape index (κ3) is 15.4. The van der Waals surface area contributed by atoms with E-state index in [1.165, 1.54) is 34.1 Å². The van der Waals surface area contributed by atoms with Crippen molar-refractivity contribution in [1.29, 1.82) is 0 Å². The van der Waals surface area contributed by atoms with Crippen LogP contribution >= 0.6 is 0 Å². The molecular weight excluding hydrogens is 1140 g/mol. The number of rotatable bonds is 17. The van der Waals surface area contributed by atoms with Gasteiger partial charge in [-0.2, -0.15) is 4.68 Å².